The van der Waals surface area contributed by atoms with E-state index in [-0.39, 0.29) is 31.0 Å². The van der Waals surface area contributed by atoms with E-state index in [4.69, 9.17) is 9.47 Å². The number of amides is 2. The summed E-state index contributed by atoms with van der Waals surface area (Å²) in [6.07, 6.45) is 1.56. The molecule has 0 saturated carbocycles. The standard InChI is InChI=1S/C24H31N3O6S/c1-17(2)25-24(29)18(3)26(13-12-19-8-6-5-7-9-19)23(28)15-27(34(4,30)31)20-10-11-21-22(14-20)33-16-32-21/h5-11,14,17-18H,12-13,15-16H2,1-4H3,(H,25,29)/t18-/m0/s1. The van der Waals surface area contributed by atoms with Crippen LogP contribution in [0.2, 0.25) is 0 Å². The highest BCUT2D eigenvalue weighted by atomic mass is 32.2. The molecule has 10 heteroatoms. The number of ether oxygens (including phenoxy) is 2. The number of fused-ring (bicyclic) bond motifs is 1. The van der Waals surface area contributed by atoms with Crippen molar-refractivity contribution >= 4 is 27.5 Å². The van der Waals surface area contributed by atoms with Gasteiger partial charge >= 0.3 is 0 Å². The maximum absolute atomic E-state index is 13.4. The number of hydrogen-bond donors (Lipinski definition) is 1. The Morgan fingerprint density at radius 1 is 1.03 bits per heavy atom. The molecule has 9 nitrogen and oxygen atoms in total. The van der Waals surface area contributed by atoms with Gasteiger partial charge in [-0.15, -0.1) is 0 Å². The summed E-state index contributed by atoms with van der Waals surface area (Å²) in [4.78, 5) is 27.6. The van der Waals surface area contributed by atoms with Crippen molar-refractivity contribution < 1.29 is 27.5 Å². The van der Waals surface area contributed by atoms with Gasteiger partial charge in [0.2, 0.25) is 28.6 Å². The molecule has 0 radical (unpaired) electrons. The van der Waals surface area contributed by atoms with E-state index in [1.54, 1.807) is 19.1 Å². The van der Waals surface area contributed by atoms with E-state index in [1.807, 2.05) is 44.2 Å². The molecule has 0 bridgehead atoms. The summed E-state index contributed by atoms with van der Waals surface area (Å²) < 4.78 is 36.9. The summed E-state index contributed by atoms with van der Waals surface area (Å²) in [6, 6.07) is 13.4. The highest BCUT2D eigenvalue weighted by Crippen LogP contribution is 2.36. The van der Waals surface area contributed by atoms with Crippen LogP contribution < -0.4 is 19.1 Å². The molecule has 184 valence electrons. The lowest BCUT2D eigenvalue weighted by Gasteiger charge is -2.31. The fourth-order valence-corrected chi connectivity index (χ4v) is 4.47. The molecule has 0 saturated heterocycles. The van der Waals surface area contributed by atoms with E-state index < -0.39 is 28.5 Å². The minimum Gasteiger partial charge on any atom is -0.454 e. The maximum Gasteiger partial charge on any atom is 0.244 e. The Bertz CT molecular complexity index is 1120. The van der Waals surface area contributed by atoms with Crippen molar-refractivity contribution in [3.05, 3.63) is 54.1 Å². The van der Waals surface area contributed by atoms with Crippen molar-refractivity contribution in [2.75, 3.05) is 30.4 Å². The molecule has 0 fully saturated rings. The lowest BCUT2D eigenvalue weighted by Crippen LogP contribution is -2.53. The highest BCUT2D eigenvalue weighted by Gasteiger charge is 2.30. The Kier molecular flexibility index (Phi) is 8.03. The molecule has 0 spiro atoms. The van der Waals surface area contributed by atoms with Crippen LogP contribution in [0.25, 0.3) is 0 Å². The van der Waals surface area contributed by atoms with Crippen molar-refractivity contribution in [1.82, 2.24) is 10.2 Å². The van der Waals surface area contributed by atoms with Gasteiger partial charge in [-0.2, -0.15) is 0 Å². The summed E-state index contributed by atoms with van der Waals surface area (Å²) in [5, 5.41) is 2.82. The molecule has 0 unspecified atom stereocenters. The molecule has 34 heavy (non-hydrogen) atoms. The maximum atomic E-state index is 13.4. The summed E-state index contributed by atoms with van der Waals surface area (Å²) in [6.45, 7) is 5.18. The Morgan fingerprint density at radius 3 is 2.35 bits per heavy atom. The van der Waals surface area contributed by atoms with Gasteiger partial charge in [0.25, 0.3) is 0 Å². The zero-order valence-electron chi connectivity index (χ0n) is 19.9. The van der Waals surface area contributed by atoms with Crippen LogP contribution in [0.5, 0.6) is 11.5 Å². The second kappa shape index (κ2) is 10.8. The zero-order chi connectivity index (χ0) is 24.9. The molecule has 2 aromatic rings. The minimum absolute atomic E-state index is 0.0479. The Morgan fingerprint density at radius 2 is 1.71 bits per heavy atom. The molecule has 2 amide bonds. The van der Waals surface area contributed by atoms with Crippen LogP contribution in [-0.4, -0.2) is 63.4 Å². The van der Waals surface area contributed by atoms with Gasteiger partial charge in [-0.3, -0.25) is 13.9 Å². The van der Waals surface area contributed by atoms with Gasteiger partial charge in [0.05, 0.1) is 11.9 Å². The normalized spacial score (nSPS) is 13.4. The molecule has 0 aliphatic carbocycles. The summed E-state index contributed by atoms with van der Waals surface area (Å²) in [5.74, 6) is 0.132. The van der Waals surface area contributed by atoms with Crippen molar-refractivity contribution in [1.29, 1.82) is 0 Å². The van der Waals surface area contributed by atoms with Crippen LogP contribution in [0.1, 0.15) is 26.3 Å². The van der Waals surface area contributed by atoms with Crippen molar-refractivity contribution in [2.24, 2.45) is 0 Å². The van der Waals surface area contributed by atoms with Gasteiger partial charge in [0.15, 0.2) is 11.5 Å². The average Bonchev–Trinajstić information content (AvgIpc) is 3.24. The number of nitrogens with zero attached hydrogens (tertiary/aromatic N) is 2. The van der Waals surface area contributed by atoms with Crippen LogP contribution in [0.15, 0.2) is 48.5 Å². The van der Waals surface area contributed by atoms with Gasteiger partial charge in [0.1, 0.15) is 12.6 Å². The van der Waals surface area contributed by atoms with Crippen LogP contribution in [0.3, 0.4) is 0 Å². The quantitative estimate of drug-likeness (QED) is 0.548. The largest absolute Gasteiger partial charge is 0.454 e. The molecule has 3 rings (SSSR count). The van der Waals surface area contributed by atoms with E-state index in [0.717, 1.165) is 16.1 Å². The topological polar surface area (TPSA) is 105 Å². The van der Waals surface area contributed by atoms with Crippen LogP contribution in [-0.2, 0) is 26.0 Å². The molecule has 1 heterocycles. The van der Waals surface area contributed by atoms with E-state index in [2.05, 4.69) is 5.32 Å². The average molecular weight is 490 g/mol. The predicted molar refractivity (Wildman–Crippen MR) is 129 cm³/mol. The van der Waals surface area contributed by atoms with E-state index in [9.17, 15) is 18.0 Å². The Hall–Kier alpha value is -3.27. The molecule has 0 aromatic heterocycles. The molecule has 1 N–H and O–H groups in total. The second-order valence-corrected chi connectivity index (χ2v) is 10.4. The van der Waals surface area contributed by atoms with Gasteiger partial charge in [-0.05, 0) is 44.9 Å². The number of sulfonamides is 1. The molecule has 1 aliphatic rings. The number of nitrogens with one attached hydrogen (secondary N) is 1. The van der Waals surface area contributed by atoms with E-state index in [1.165, 1.54) is 11.0 Å². The molecule has 1 aliphatic heterocycles. The molecule has 2 aromatic carbocycles. The Balaban J connectivity index is 1.85. The van der Waals surface area contributed by atoms with Crippen molar-refractivity contribution in [3.63, 3.8) is 0 Å². The zero-order valence-corrected chi connectivity index (χ0v) is 20.7. The minimum atomic E-state index is -3.81. The number of hydrogen-bond acceptors (Lipinski definition) is 6. The fraction of sp³-hybridized carbons (Fsp3) is 0.417. The number of carbonyl (C=O) groups is 2. The third-order valence-electron chi connectivity index (χ3n) is 5.41. The number of rotatable bonds is 10. The first kappa shape index (κ1) is 25.4. The van der Waals surface area contributed by atoms with E-state index in [0.29, 0.717) is 17.9 Å². The van der Waals surface area contributed by atoms with Gasteiger partial charge < -0.3 is 19.7 Å². The number of carbonyl (C=O) groups excluding carboxylic acids is 2. The van der Waals surface area contributed by atoms with Gasteiger partial charge in [-0.1, -0.05) is 30.3 Å². The first-order valence-electron chi connectivity index (χ1n) is 11.1. The van der Waals surface area contributed by atoms with Crippen LogP contribution >= 0.6 is 0 Å². The lowest BCUT2D eigenvalue weighted by atomic mass is 10.1. The smallest absolute Gasteiger partial charge is 0.244 e. The number of anilines is 1. The van der Waals surface area contributed by atoms with Crippen molar-refractivity contribution in [3.8, 4) is 11.5 Å². The second-order valence-electron chi connectivity index (χ2n) is 8.47. The van der Waals surface area contributed by atoms with Gasteiger partial charge in [0, 0.05) is 18.7 Å². The summed E-state index contributed by atoms with van der Waals surface area (Å²) in [5.41, 5.74) is 1.29. The third-order valence-corrected chi connectivity index (χ3v) is 6.55. The third kappa shape index (κ3) is 6.40. The number of benzene rings is 2. The first-order chi connectivity index (χ1) is 16.1. The lowest BCUT2D eigenvalue weighted by molar-refractivity contribution is -0.139. The predicted octanol–water partition coefficient (Wildman–Crippen LogP) is 2.17. The highest BCUT2D eigenvalue weighted by molar-refractivity contribution is 7.92. The first-order valence-corrected chi connectivity index (χ1v) is 12.9. The van der Waals surface area contributed by atoms with Gasteiger partial charge in [-0.25, -0.2) is 8.42 Å². The van der Waals surface area contributed by atoms with Crippen LogP contribution in [0, 0.1) is 0 Å². The molecular weight excluding hydrogens is 458 g/mol. The van der Waals surface area contributed by atoms with Crippen LogP contribution in [0.4, 0.5) is 5.69 Å². The summed E-state index contributed by atoms with van der Waals surface area (Å²) in [7, 11) is -3.81. The Labute approximate surface area is 200 Å². The molecule has 1 atom stereocenters. The summed E-state index contributed by atoms with van der Waals surface area (Å²) >= 11 is 0. The molecular formula is C24H31N3O6S. The SMILES string of the molecule is CC(C)NC(=O)[C@H](C)N(CCc1ccccc1)C(=O)CN(c1ccc2c(c1)OCO2)S(C)(=O)=O. The van der Waals surface area contributed by atoms with E-state index >= 15 is 0 Å². The van der Waals surface area contributed by atoms with Crippen molar-refractivity contribution in [2.45, 2.75) is 39.3 Å². The fourth-order valence-electron chi connectivity index (χ4n) is 3.63. The monoisotopic (exact) mass is 489 g/mol.